The Labute approximate surface area is 122 Å². The first kappa shape index (κ1) is 15.8. The van der Waals surface area contributed by atoms with E-state index in [1.54, 1.807) is 13.8 Å². The van der Waals surface area contributed by atoms with Crippen molar-refractivity contribution in [2.75, 3.05) is 6.54 Å². The van der Waals surface area contributed by atoms with E-state index >= 15 is 0 Å². The third-order valence-corrected chi connectivity index (χ3v) is 5.47. The van der Waals surface area contributed by atoms with Gasteiger partial charge in [-0.15, -0.1) is 0 Å². The van der Waals surface area contributed by atoms with Gasteiger partial charge in [-0.1, -0.05) is 0 Å². The Morgan fingerprint density at radius 1 is 1.43 bits per heavy atom. The first-order valence-corrected chi connectivity index (χ1v) is 8.13. The normalized spacial score (nSPS) is 15.7. The Hall–Kier alpha value is -1.54. The van der Waals surface area contributed by atoms with Crippen LogP contribution >= 0.6 is 0 Å². The minimum Gasteiger partial charge on any atom is -0.258 e. The maximum atomic E-state index is 13.6. The minimum absolute atomic E-state index is 0.250. The minimum atomic E-state index is -3.85. The zero-order chi connectivity index (χ0) is 15.8. The number of nitro groups is 1. The zero-order valence-electron chi connectivity index (χ0n) is 11.8. The van der Waals surface area contributed by atoms with Crippen molar-refractivity contribution in [3.63, 3.8) is 0 Å². The topological polar surface area (TPSA) is 80.5 Å². The molecule has 1 aliphatic rings. The van der Waals surface area contributed by atoms with Crippen LogP contribution in [0.1, 0.15) is 26.7 Å². The van der Waals surface area contributed by atoms with Gasteiger partial charge in [-0.3, -0.25) is 10.1 Å². The summed E-state index contributed by atoms with van der Waals surface area (Å²) in [4.78, 5) is 9.46. The predicted octanol–water partition coefficient (Wildman–Crippen LogP) is 2.54. The molecule has 0 aromatic heterocycles. The summed E-state index contributed by atoms with van der Waals surface area (Å²) in [5.41, 5.74) is -0.729. The predicted molar refractivity (Wildman–Crippen MR) is 74.8 cm³/mol. The maximum Gasteiger partial charge on any atom is 0.304 e. The number of nitrogens with zero attached hydrogens (tertiary/aromatic N) is 2. The largest absolute Gasteiger partial charge is 0.304 e. The molecular formula is C13H17FN2O4S. The lowest BCUT2D eigenvalue weighted by Crippen LogP contribution is -2.38. The summed E-state index contributed by atoms with van der Waals surface area (Å²) in [5, 5.41) is 10.6. The molecule has 1 aromatic carbocycles. The van der Waals surface area contributed by atoms with Crippen LogP contribution in [0.2, 0.25) is 0 Å². The van der Waals surface area contributed by atoms with Gasteiger partial charge < -0.3 is 0 Å². The molecule has 0 bridgehead atoms. The third-order valence-electron chi connectivity index (χ3n) is 3.43. The van der Waals surface area contributed by atoms with Gasteiger partial charge in [0.25, 0.3) is 0 Å². The van der Waals surface area contributed by atoms with Gasteiger partial charge in [-0.25, -0.2) is 8.42 Å². The molecule has 1 aromatic rings. The third kappa shape index (κ3) is 3.38. The van der Waals surface area contributed by atoms with Crippen LogP contribution in [-0.2, 0) is 10.0 Å². The lowest BCUT2D eigenvalue weighted by Gasteiger charge is -2.25. The van der Waals surface area contributed by atoms with Crippen LogP contribution in [0.5, 0.6) is 0 Å². The molecule has 1 aliphatic carbocycles. The lowest BCUT2D eigenvalue weighted by atomic mass is 10.3. The van der Waals surface area contributed by atoms with E-state index in [9.17, 15) is 22.9 Å². The Balaban J connectivity index is 2.37. The molecular weight excluding hydrogens is 299 g/mol. The van der Waals surface area contributed by atoms with Gasteiger partial charge in [0.15, 0.2) is 0 Å². The number of halogens is 1. The van der Waals surface area contributed by atoms with Crippen molar-refractivity contribution in [3.8, 4) is 0 Å². The second-order valence-corrected chi connectivity index (χ2v) is 7.37. The fourth-order valence-electron chi connectivity index (χ4n) is 2.07. The molecule has 6 nitrogen and oxygen atoms in total. The molecule has 0 aliphatic heterocycles. The molecule has 116 valence electrons. The van der Waals surface area contributed by atoms with Crippen LogP contribution in [0, 0.1) is 21.8 Å². The van der Waals surface area contributed by atoms with Gasteiger partial charge in [0, 0.05) is 24.7 Å². The second-order valence-electron chi connectivity index (χ2n) is 5.48. The molecule has 0 N–H and O–H groups in total. The first-order valence-electron chi connectivity index (χ1n) is 6.69. The van der Waals surface area contributed by atoms with Crippen LogP contribution in [0.3, 0.4) is 0 Å². The first-order chi connectivity index (χ1) is 9.73. The average molecular weight is 316 g/mol. The molecule has 0 radical (unpaired) electrons. The SMILES string of the molecule is CC(C)N(CC1CC1)S(=O)(=O)c1ccc([N+](=O)[O-])c(F)c1. The summed E-state index contributed by atoms with van der Waals surface area (Å²) in [5.74, 6) is -0.790. The summed E-state index contributed by atoms with van der Waals surface area (Å²) in [7, 11) is -3.85. The van der Waals surface area contributed by atoms with Crippen molar-refractivity contribution in [1.29, 1.82) is 0 Å². The summed E-state index contributed by atoms with van der Waals surface area (Å²) >= 11 is 0. The van der Waals surface area contributed by atoms with Gasteiger partial charge in [0.2, 0.25) is 15.8 Å². The van der Waals surface area contributed by atoms with Crippen molar-refractivity contribution >= 4 is 15.7 Å². The highest BCUT2D eigenvalue weighted by molar-refractivity contribution is 7.89. The van der Waals surface area contributed by atoms with E-state index in [2.05, 4.69) is 0 Å². The number of sulfonamides is 1. The average Bonchev–Trinajstić information content (AvgIpc) is 3.18. The Bertz CT molecular complexity index is 656. The number of hydrogen-bond donors (Lipinski definition) is 0. The molecule has 0 unspecified atom stereocenters. The van der Waals surface area contributed by atoms with Crippen molar-refractivity contribution in [2.45, 2.75) is 37.6 Å². The van der Waals surface area contributed by atoms with E-state index in [4.69, 9.17) is 0 Å². The maximum absolute atomic E-state index is 13.6. The molecule has 1 saturated carbocycles. The summed E-state index contributed by atoms with van der Waals surface area (Å²) in [6.07, 6.45) is 1.99. The fraction of sp³-hybridized carbons (Fsp3) is 0.538. The van der Waals surface area contributed by atoms with Gasteiger partial charge >= 0.3 is 5.69 Å². The highest BCUT2D eigenvalue weighted by Crippen LogP contribution is 2.33. The molecule has 0 amide bonds. The molecule has 2 rings (SSSR count). The Morgan fingerprint density at radius 3 is 2.48 bits per heavy atom. The Morgan fingerprint density at radius 2 is 2.05 bits per heavy atom. The monoisotopic (exact) mass is 316 g/mol. The molecule has 1 fully saturated rings. The smallest absolute Gasteiger partial charge is 0.258 e. The van der Waals surface area contributed by atoms with E-state index < -0.39 is 26.5 Å². The van der Waals surface area contributed by atoms with Crippen LogP contribution in [0.4, 0.5) is 10.1 Å². The number of rotatable bonds is 6. The van der Waals surface area contributed by atoms with E-state index in [1.807, 2.05) is 0 Å². The van der Waals surface area contributed by atoms with Crippen molar-refractivity contribution in [1.82, 2.24) is 4.31 Å². The van der Waals surface area contributed by atoms with Gasteiger partial charge in [-0.05, 0) is 38.7 Å². The van der Waals surface area contributed by atoms with E-state index in [-0.39, 0.29) is 10.9 Å². The number of nitro benzene ring substituents is 1. The van der Waals surface area contributed by atoms with Crippen molar-refractivity contribution in [3.05, 3.63) is 34.1 Å². The van der Waals surface area contributed by atoms with Crippen LogP contribution in [-0.4, -0.2) is 30.2 Å². The highest BCUT2D eigenvalue weighted by atomic mass is 32.2. The second kappa shape index (κ2) is 5.69. The van der Waals surface area contributed by atoms with E-state index in [0.29, 0.717) is 12.5 Å². The van der Waals surface area contributed by atoms with Gasteiger partial charge in [0.05, 0.1) is 9.82 Å². The van der Waals surface area contributed by atoms with Gasteiger partial charge in [-0.2, -0.15) is 8.70 Å². The molecule has 21 heavy (non-hydrogen) atoms. The molecule has 0 spiro atoms. The summed E-state index contributed by atoms with van der Waals surface area (Å²) in [6, 6.07) is 2.43. The molecule has 0 atom stereocenters. The molecule has 0 heterocycles. The summed E-state index contributed by atoms with van der Waals surface area (Å²) in [6.45, 7) is 3.90. The van der Waals surface area contributed by atoms with Crippen LogP contribution in [0.15, 0.2) is 23.1 Å². The molecule has 8 heteroatoms. The van der Waals surface area contributed by atoms with Gasteiger partial charge in [0.1, 0.15) is 0 Å². The van der Waals surface area contributed by atoms with E-state index in [1.165, 1.54) is 4.31 Å². The molecule has 0 saturated heterocycles. The van der Waals surface area contributed by atoms with Crippen molar-refractivity contribution in [2.24, 2.45) is 5.92 Å². The quantitative estimate of drug-likeness (QED) is 0.596. The number of hydrogen-bond acceptors (Lipinski definition) is 4. The fourth-order valence-corrected chi connectivity index (χ4v) is 3.80. The standard InChI is InChI=1S/C13H17FN2O4S/c1-9(2)15(8-10-3-4-10)21(19,20)11-5-6-13(16(17)18)12(14)7-11/h5-7,9-10H,3-4,8H2,1-2H3. The highest BCUT2D eigenvalue weighted by Gasteiger charge is 2.34. The summed E-state index contributed by atoms with van der Waals surface area (Å²) < 4.78 is 40.1. The lowest BCUT2D eigenvalue weighted by molar-refractivity contribution is -0.387. The van der Waals surface area contributed by atoms with Crippen LogP contribution < -0.4 is 0 Å². The Kier molecular flexibility index (Phi) is 4.29. The van der Waals surface area contributed by atoms with E-state index in [0.717, 1.165) is 31.0 Å². The number of benzene rings is 1. The van der Waals surface area contributed by atoms with Crippen LogP contribution in [0.25, 0.3) is 0 Å². The van der Waals surface area contributed by atoms with Crippen molar-refractivity contribution < 1.29 is 17.7 Å². The zero-order valence-corrected chi connectivity index (χ0v) is 12.6.